The summed E-state index contributed by atoms with van der Waals surface area (Å²) in [6.45, 7) is 2.47. The molecule has 3 rings (SSSR count). The first-order valence-electron chi connectivity index (χ1n) is 9.21. The fourth-order valence-electron chi connectivity index (χ4n) is 2.94. The number of carbonyl (C=O) groups is 1. The third-order valence-corrected chi connectivity index (χ3v) is 4.55. The number of methoxy groups -OCH3 is 1. The number of amides is 1. The van der Waals surface area contributed by atoms with Gasteiger partial charge in [0.05, 0.1) is 12.7 Å². The molecule has 1 amide bonds. The number of pyridine rings is 1. The van der Waals surface area contributed by atoms with Gasteiger partial charge in [0.25, 0.3) is 5.91 Å². The summed E-state index contributed by atoms with van der Waals surface area (Å²) in [6.07, 6.45) is 3.23. The van der Waals surface area contributed by atoms with Crippen LogP contribution in [0.3, 0.4) is 0 Å². The van der Waals surface area contributed by atoms with E-state index in [0.29, 0.717) is 17.7 Å². The summed E-state index contributed by atoms with van der Waals surface area (Å²) in [4.78, 5) is 16.2. The lowest BCUT2D eigenvalue weighted by Crippen LogP contribution is -2.24. The first kappa shape index (κ1) is 19.5. The van der Waals surface area contributed by atoms with E-state index in [4.69, 9.17) is 4.74 Å². The van der Waals surface area contributed by atoms with Gasteiger partial charge in [-0.25, -0.2) is 4.39 Å². The van der Waals surface area contributed by atoms with Crippen molar-refractivity contribution in [2.45, 2.75) is 19.8 Å². The smallest absolute Gasteiger partial charge is 0.252 e. The molecule has 0 fully saturated rings. The Morgan fingerprint density at radius 3 is 2.57 bits per heavy atom. The zero-order valence-electron chi connectivity index (χ0n) is 16.0. The van der Waals surface area contributed by atoms with Crippen molar-refractivity contribution in [1.29, 1.82) is 0 Å². The van der Waals surface area contributed by atoms with E-state index in [2.05, 4.69) is 10.3 Å². The molecule has 4 nitrogen and oxygen atoms in total. The van der Waals surface area contributed by atoms with Gasteiger partial charge in [0.2, 0.25) is 0 Å². The predicted octanol–water partition coefficient (Wildman–Crippen LogP) is 4.57. The summed E-state index contributed by atoms with van der Waals surface area (Å²) in [5.74, 6) is -0.233. The fraction of sp³-hybridized carbons (Fsp3) is 0.217. The van der Waals surface area contributed by atoms with Crippen molar-refractivity contribution in [3.8, 4) is 16.9 Å². The molecule has 0 atom stereocenters. The summed E-state index contributed by atoms with van der Waals surface area (Å²) in [5.41, 5.74) is 3.91. The van der Waals surface area contributed by atoms with Gasteiger partial charge in [-0.3, -0.25) is 9.78 Å². The molecule has 5 heteroatoms. The third-order valence-electron chi connectivity index (χ3n) is 4.55. The van der Waals surface area contributed by atoms with Gasteiger partial charge in [0.15, 0.2) is 11.6 Å². The van der Waals surface area contributed by atoms with Gasteiger partial charge in [-0.15, -0.1) is 0 Å². The van der Waals surface area contributed by atoms with Gasteiger partial charge in [-0.05, 0) is 49.1 Å². The van der Waals surface area contributed by atoms with Gasteiger partial charge >= 0.3 is 0 Å². The van der Waals surface area contributed by atoms with Crippen molar-refractivity contribution < 1.29 is 13.9 Å². The van der Waals surface area contributed by atoms with E-state index in [9.17, 15) is 9.18 Å². The molecule has 0 saturated carbocycles. The summed E-state index contributed by atoms with van der Waals surface area (Å²) < 4.78 is 19.4. The summed E-state index contributed by atoms with van der Waals surface area (Å²) >= 11 is 0. The Labute approximate surface area is 164 Å². The van der Waals surface area contributed by atoms with Crippen molar-refractivity contribution in [2.24, 2.45) is 0 Å². The Morgan fingerprint density at radius 2 is 1.89 bits per heavy atom. The highest BCUT2D eigenvalue weighted by molar-refractivity contribution is 5.93. The van der Waals surface area contributed by atoms with Crippen molar-refractivity contribution >= 4 is 5.91 Å². The van der Waals surface area contributed by atoms with Crippen LogP contribution < -0.4 is 10.1 Å². The SMILES string of the molecule is COc1cccc(-c2ccc(CCCNC(=O)c3ccc(C)nc3)cc2)c1F. The highest BCUT2D eigenvalue weighted by Crippen LogP contribution is 2.29. The second-order valence-corrected chi connectivity index (χ2v) is 6.57. The van der Waals surface area contributed by atoms with Crippen molar-refractivity contribution in [1.82, 2.24) is 10.3 Å². The first-order chi connectivity index (χ1) is 13.6. The molecule has 1 heterocycles. The molecule has 0 saturated heterocycles. The molecule has 2 aromatic carbocycles. The Kier molecular flexibility index (Phi) is 6.37. The summed E-state index contributed by atoms with van der Waals surface area (Å²) in [5, 5.41) is 2.90. The minimum atomic E-state index is -0.356. The van der Waals surface area contributed by atoms with Gasteiger partial charge in [-0.1, -0.05) is 36.4 Å². The standard InChI is InChI=1S/C23H23FN2O2/c1-16-8-11-19(15-26-16)23(27)25-14-4-5-17-9-12-18(13-10-17)20-6-3-7-21(28-2)22(20)24/h3,6-13,15H,4-5,14H2,1-2H3,(H,25,27). The van der Waals surface area contributed by atoms with Crippen LogP contribution >= 0.6 is 0 Å². The molecule has 0 aliphatic heterocycles. The number of aryl methyl sites for hydroxylation is 2. The average Bonchev–Trinajstić information content (AvgIpc) is 2.72. The van der Waals surface area contributed by atoms with Gasteiger partial charge < -0.3 is 10.1 Å². The van der Waals surface area contributed by atoms with Crippen LogP contribution in [0, 0.1) is 12.7 Å². The number of benzene rings is 2. The van der Waals surface area contributed by atoms with E-state index in [-0.39, 0.29) is 17.5 Å². The zero-order valence-corrected chi connectivity index (χ0v) is 16.0. The number of rotatable bonds is 7. The van der Waals surface area contributed by atoms with Crippen LogP contribution in [-0.4, -0.2) is 24.5 Å². The second-order valence-electron chi connectivity index (χ2n) is 6.57. The minimum absolute atomic E-state index is 0.114. The first-order valence-corrected chi connectivity index (χ1v) is 9.21. The normalized spacial score (nSPS) is 10.5. The van der Waals surface area contributed by atoms with Gasteiger partial charge in [0.1, 0.15) is 0 Å². The number of hydrogen-bond donors (Lipinski definition) is 1. The molecular weight excluding hydrogens is 355 g/mol. The van der Waals surface area contributed by atoms with E-state index >= 15 is 0 Å². The molecule has 3 aromatic rings. The predicted molar refractivity (Wildman–Crippen MR) is 108 cm³/mol. The van der Waals surface area contributed by atoms with Crippen LogP contribution in [0.25, 0.3) is 11.1 Å². The van der Waals surface area contributed by atoms with Crippen LogP contribution in [0.2, 0.25) is 0 Å². The van der Waals surface area contributed by atoms with E-state index < -0.39 is 0 Å². The molecule has 1 aromatic heterocycles. The van der Waals surface area contributed by atoms with E-state index in [1.165, 1.54) is 7.11 Å². The lowest BCUT2D eigenvalue weighted by atomic mass is 10.0. The Morgan fingerprint density at radius 1 is 1.11 bits per heavy atom. The maximum atomic E-state index is 14.4. The number of halogens is 1. The molecule has 0 aliphatic carbocycles. The lowest BCUT2D eigenvalue weighted by molar-refractivity contribution is 0.0953. The zero-order chi connectivity index (χ0) is 19.9. The molecule has 28 heavy (non-hydrogen) atoms. The third kappa shape index (κ3) is 4.74. The maximum Gasteiger partial charge on any atom is 0.252 e. The number of aromatic nitrogens is 1. The van der Waals surface area contributed by atoms with Crippen LogP contribution in [0.4, 0.5) is 4.39 Å². The molecule has 0 radical (unpaired) electrons. The molecular formula is C23H23FN2O2. The van der Waals surface area contributed by atoms with Gasteiger partial charge in [0, 0.05) is 24.0 Å². The van der Waals surface area contributed by atoms with Crippen LogP contribution in [-0.2, 0) is 6.42 Å². The number of ether oxygens (including phenoxy) is 1. The van der Waals surface area contributed by atoms with Crippen LogP contribution in [0.5, 0.6) is 5.75 Å². The molecule has 0 unspecified atom stereocenters. The van der Waals surface area contributed by atoms with Crippen LogP contribution in [0.15, 0.2) is 60.8 Å². The highest BCUT2D eigenvalue weighted by atomic mass is 19.1. The van der Waals surface area contributed by atoms with E-state index in [1.807, 2.05) is 37.3 Å². The summed E-state index contributed by atoms with van der Waals surface area (Å²) in [6, 6.07) is 16.5. The topological polar surface area (TPSA) is 51.2 Å². The van der Waals surface area contributed by atoms with Crippen LogP contribution in [0.1, 0.15) is 28.0 Å². The number of nitrogens with zero attached hydrogens (tertiary/aromatic N) is 1. The molecule has 0 bridgehead atoms. The Hall–Kier alpha value is -3.21. The number of hydrogen-bond acceptors (Lipinski definition) is 3. The maximum absolute atomic E-state index is 14.4. The van der Waals surface area contributed by atoms with E-state index in [1.54, 1.807) is 30.5 Å². The monoisotopic (exact) mass is 378 g/mol. The Balaban J connectivity index is 1.52. The molecule has 0 aliphatic rings. The number of nitrogens with one attached hydrogen (secondary N) is 1. The van der Waals surface area contributed by atoms with E-state index in [0.717, 1.165) is 29.7 Å². The molecule has 0 spiro atoms. The Bertz CT molecular complexity index is 938. The lowest BCUT2D eigenvalue weighted by Gasteiger charge is -2.09. The fourth-order valence-corrected chi connectivity index (χ4v) is 2.94. The summed E-state index contributed by atoms with van der Waals surface area (Å²) in [7, 11) is 1.46. The largest absolute Gasteiger partial charge is 0.494 e. The molecule has 1 N–H and O–H groups in total. The average molecular weight is 378 g/mol. The quantitative estimate of drug-likeness (QED) is 0.613. The highest BCUT2D eigenvalue weighted by Gasteiger charge is 2.10. The molecule has 144 valence electrons. The van der Waals surface area contributed by atoms with Crippen molar-refractivity contribution in [3.05, 3.63) is 83.4 Å². The van der Waals surface area contributed by atoms with Gasteiger partial charge in [-0.2, -0.15) is 0 Å². The van der Waals surface area contributed by atoms with Crippen molar-refractivity contribution in [2.75, 3.05) is 13.7 Å². The second kappa shape index (κ2) is 9.13. The minimum Gasteiger partial charge on any atom is -0.494 e. The van der Waals surface area contributed by atoms with Crippen molar-refractivity contribution in [3.63, 3.8) is 0 Å². The number of carbonyl (C=O) groups excluding carboxylic acids is 1.